The van der Waals surface area contributed by atoms with Crippen LogP contribution in [0.2, 0.25) is 0 Å². The second-order valence-corrected chi connectivity index (χ2v) is 5.61. The monoisotopic (exact) mass is 224 g/mol. The van der Waals surface area contributed by atoms with Gasteiger partial charge in [-0.15, -0.1) is 11.3 Å². The molecule has 0 bridgehead atoms. The Hall–Kier alpha value is -0.410. The highest BCUT2D eigenvalue weighted by atomic mass is 32.1. The Bertz CT molecular complexity index is 265. The van der Waals surface area contributed by atoms with Crippen molar-refractivity contribution in [1.82, 2.24) is 4.98 Å². The van der Waals surface area contributed by atoms with Gasteiger partial charge in [0, 0.05) is 24.0 Å². The average Bonchev–Trinajstić information content (AvgIpc) is 2.71. The van der Waals surface area contributed by atoms with E-state index in [1.807, 2.05) is 11.6 Å². The van der Waals surface area contributed by atoms with E-state index in [-0.39, 0.29) is 0 Å². The molecule has 2 N–H and O–H groups in total. The summed E-state index contributed by atoms with van der Waals surface area (Å²) in [5, 5.41) is 3.22. The maximum absolute atomic E-state index is 6.16. The summed E-state index contributed by atoms with van der Waals surface area (Å²) in [6.45, 7) is 0. The second kappa shape index (κ2) is 5.61. The second-order valence-electron chi connectivity index (χ2n) is 4.63. The Kier molecular flexibility index (Phi) is 4.15. The first-order chi connectivity index (χ1) is 7.34. The topological polar surface area (TPSA) is 38.9 Å². The fourth-order valence-electron chi connectivity index (χ4n) is 2.51. The zero-order chi connectivity index (χ0) is 10.5. The van der Waals surface area contributed by atoms with E-state index >= 15 is 0 Å². The first-order valence-corrected chi connectivity index (χ1v) is 6.86. The highest BCUT2D eigenvalue weighted by molar-refractivity contribution is 7.09. The smallest absolute Gasteiger partial charge is 0.0940 e. The van der Waals surface area contributed by atoms with Gasteiger partial charge in [0.15, 0.2) is 0 Å². The fourth-order valence-corrected chi connectivity index (χ4v) is 3.22. The molecule has 0 saturated heterocycles. The Morgan fingerprint density at radius 2 is 2.20 bits per heavy atom. The number of hydrogen-bond donors (Lipinski definition) is 1. The summed E-state index contributed by atoms with van der Waals surface area (Å²) < 4.78 is 0. The third-order valence-electron chi connectivity index (χ3n) is 3.28. The zero-order valence-electron chi connectivity index (χ0n) is 9.19. The number of rotatable bonds is 4. The van der Waals surface area contributed by atoms with E-state index in [1.165, 1.54) is 43.5 Å². The molecule has 0 amide bonds. The van der Waals surface area contributed by atoms with Gasteiger partial charge in [0.05, 0.1) is 5.01 Å². The molecule has 1 saturated carbocycles. The number of nitrogens with zero attached hydrogens (tertiary/aromatic N) is 1. The first-order valence-electron chi connectivity index (χ1n) is 5.98. The summed E-state index contributed by atoms with van der Waals surface area (Å²) in [4.78, 5) is 4.29. The summed E-state index contributed by atoms with van der Waals surface area (Å²) in [6, 6.07) is 0.319. The minimum Gasteiger partial charge on any atom is -0.327 e. The van der Waals surface area contributed by atoms with Crippen molar-refractivity contribution < 1.29 is 0 Å². The summed E-state index contributed by atoms with van der Waals surface area (Å²) >= 11 is 1.72. The maximum Gasteiger partial charge on any atom is 0.0940 e. The van der Waals surface area contributed by atoms with Crippen LogP contribution in [0.4, 0.5) is 0 Å². The largest absolute Gasteiger partial charge is 0.327 e. The predicted octanol–water partition coefficient (Wildman–Crippen LogP) is 2.98. The molecule has 0 radical (unpaired) electrons. The van der Waals surface area contributed by atoms with Crippen LogP contribution in [0, 0.1) is 5.92 Å². The molecule has 1 aromatic heterocycles. The van der Waals surface area contributed by atoms with E-state index in [9.17, 15) is 0 Å². The van der Waals surface area contributed by atoms with Gasteiger partial charge < -0.3 is 5.73 Å². The van der Waals surface area contributed by atoms with E-state index < -0.39 is 0 Å². The van der Waals surface area contributed by atoms with Gasteiger partial charge in [-0.2, -0.15) is 0 Å². The Balaban J connectivity index is 1.74. The minimum absolute atomic E-state index is 0.319. The van der Waals surface area contributed by atoms with Crippen molar-refractivity contribution in [2.24, 2.45) is 11.7 Å². The van der Waals surface area contributed by atoms with Crippen LogP contribution in [0.1, 0.15) is 43.5 Å². The summed E-state index contributed by atoms with van der Waals surface area (Å²) in [5.74, 6) is 0.883. The van der Waals surface area contributed by atoms with Crippen molar-refractivity contribution in [3.8, 4) is 0 Å². The summed E-state index contributed by atoms with van der Waals surface area (Å²) in [7, 11) is 0. The molecule has 0 aliphatic heterocycles. The number of hydrogen-bond acceptors (Lipinski definition) is 3. The molecule has 1 aromatic rings. The van der Waals surface area contributed by atoms with Crippen molar-refractivity contribution in [2.45, 2.75) is 51.0 Å². The fraction of sp³-hybridized carbons (Fsp3) is 0.750. The van der Waals surface area contributed by atoms with Crippen molar-refractivity contribution in [3.63, 3.8) is 0 Å². The summed E-state index contributed by atoms with van der Waals surface area (Å²) in [5.41, 5.74) is 6.16. The third kappa shape index (κ3) is 3.58. The van der Waals surface area contributed by atoms with Gasteiger partial charge in [-0.3, -0.25) is 0 Å². The minimum atomic E-state index is 0.319. The number of aromatic nitrogens is 1. The van der Waals surface area contributed by atoms with E-state index in [0.717, 1.165) is 12.3 Å². The Labute approximate surface area is 95.9 Å². The van der Waals surface area contributed by atoms with E-state index in [1.54, 1.807) is 11.3 Å². The molecule has 0 spiro atoms. The molecule has 1 heterocycles. The molecule has 1 unspecified atom stereocenters. The molecule has 2 nitrogen and oxygen atoms in total. The molecule has 0 aromatic carbocycles. The third-order valence-corrected chi connectivity index (χ3v) is 4.08. The van der Waals surface area contributed by atoms with Gasteiger partial charge in [-0.05, 0) is 12.3 Å². The summed E-state index contributed by atoms with van der Waals surface area (Å²) in [6.07, 6.45) is 11.1. The van der Waals surface area contributed by atoms with E-state index in [0.29, 0.717) is 6.04 Å². The SMILES string of the molecule is NC(Cc1nccs1)CC1CCCCC1. The lowest BCUT2D eigenvalue weighted by molar-refractivity contribution is 0.316. The molecule has 84 valence electrons. The molecular weight excluding hydrogens is 204 g/mol. The van der Waals surface area contributed by atoms with E-state index in [4.69, 9.17) is 5.73 Å². The molecule has 2 rings (SSSR count). The van der Waals surface area contributed by atoms with Gasteiger partial charge in [0.1, 0.15) is 0 Å². The zero-order valence-corrected chi connectivity index (χ0v) is 10.0. The van der Waals surface area contributed by atoms with Crippen LogP contribution >= 0.6 is 11.3 Å². The quantitative estimate of drug-likeness (QED) is 0.854. The number of thiazole rings is 1. The van der Waals surface area contributed by atoms with Crippen LogP contribution in [0.3, 0.4) is 0 Å². The van der Waals surface area contributed by atoms with Gasteiger partial charge in [0.25, 0.3) is 0 Å². The van der Waals surface area contributed by atoms with Gasteiger partial charge in [0.2, 0.25) is 0 Å². The van der Waals surface area contributed by atoms with Crippen molar-refractivity contribution in [1.29, 1.82) is 0 Å². The van der Waals surface area contributed by atoms with Gasteiger partial charge >= 0.3 is 0 Å². The lowest BCUT2D eigenvalue weighted by Gasteiger charge is -2.24. The predicted molar refractivity (Wildman–Crippen MR) is 65.0 cm³/mol. The number of nitrogens with two attached hydrogens (primary N) is 1. The van der Waals surface area contributed by atoms with Gasteiger partial charge in [-0.25, -0.2) is 4.98 Å². The Morgan fingerprint density at radius 3 is 2.87 bits per heavy atom. The maximum atomic E-state index is 6.16. The lowest BCUT2D eigenvalue weighted by atomic mass is 9.84. The van der Waals surface area contributed by atoms with Crippen LogP contribution in [-0.4, -0.2) is 11.0 Å². The molecule has 15 heavy (non-hydrogen) atoms. The van der Waals surface area contributed by atoms with Crippen LogP contribution in [0.25, 0.3) is 0 Å². The van der Waals surface area contributed by atoms with Crippen molar-refractivity contribution >= 4 is 11.3 Å². The highest BCUT2D eigenvalue weighted by Crippen LogP contribution is 2.27. The molecule has 1 aliphatic carbocycles. The highest BCUT2D eigenvalue weighted by Gasteiger charge is 2.17. The lowest BCUT2D eigenvalue weighted by Crippen LogP contribution is -2.26. The van der Waals surface area contributed by atoms with Crippen LogP contribution < -0.4 is 5.73 Å². The first kappa shape index (κ1) is 11.1. The molecule has 1 aliphatic rings. The van der Waals surface area contributed by atoms with Crippen LogP contribution in [0.5, 0.6) is 0 Å². The standard InChI is InChI=1S/C12H20N2S/c13-11(9-12-14-6-7-15-12)8-10-4-2-1-3-5-10/h6-7,10-11H,1-5,8-9,13H2. The van der Waals surface area contributed by atoms with Crippen molar-refractivity contribution in [2.75, 3.05) is 0 Å². The van der Waals surface area contributed by atoms with Gasteiger partial charge in [-0.1, -0.05) is 32.1 Å². The molecule has 3 heteroatoms. The van der Waals surface area contributed by atoms with Crippen LogP contribution in [-0.2, 0) is 6.42 Å². The Morgan fingerprint density at radius 1 is 1.40 bits per heavy atom. The molecule has 1 atom stereocenters. The normalized spacial score (nSPS) is 20.3. The molecule has 1 fully saturated rings. The van der Waals surface area contributed by atoms with Crippen LogP contribution in [0.15, 0.2) is 11.6 Å². The van der Waals surface area contributed by atoms with Crippen molar-refractivity contribution in [3.05, 3.63) is 16.6 Å². The van der Waals surface area contributed by atoms with E-state index in [2.05, 4.69) is 4.98 Å². The molecular formula is C12H20N2S. The average molecular weight is 224 g/mol.